The Morgan fingerprint density at radius 2 is 1.86 bits per heavy atom. The predicted octanol–water partition coefficient (Wildman–Crippen LogP) is 4.81. The van der Waals surface area contributed by atoms with Crippen LogP contribution >= 0.6 is 11.3 Å². The van der Waals surface area contributed by atoms with Crippen LogP contribution in [0.3, 0.4) is 0 Å². The summed E-state index contributed by atoms with van der Waals surface area (Å²) >= 11 is 1.59. The average Bonchev–Trinajstić information content (AvgIpc) is 3.13. The number of hydrogen-bond donors (Lipinski definition) is 2. The van der Waals surface area contributed by atoms with E-state index in [9.17, 15) is 9.90 Å². The summed E-state index contributed by atoms with van der Waals surface area (Å²) in [7, 11) is 0. The van der Waals surface area contributed by atoms with E-state index in [1.807, 2.05) is 31.2 Å². The topological polar surface area (TPSA) is 87.5 Å². The fourth-order valence-electron chi connectivity index (χ4n) is 2.83. The second-order valence-electron chi connectivity index (χ2n) is 6.08. The molecule has 7 heteroatoms. The van der Waals surface area contributed by atoms with Gasteiger partial charge in [0.1, 0.15) is 10.7 Å². The van der Waals surface area contributed by atoms with Gasteiger partial charge < -0.3 is 5.11 Å². The van der Waals surface area contributed by atoms with E-state index in [1.165, 1.54) is 6.21 Å². The number of fused-ring (bicyclic) bond motifs is 1. The van der Waals surface area contributed by atoms with Gasteiger partial charge in [-0.2, -0.15) is 5.10 Å². The van der Waals surface area contributed by atoms with Crippen molar-refractivity contribution in [3.63, 3.8) is 0 Å². The van der Waals surface area contributed by atoms with Gasteiger partial charge in [0, 0.05) is 10.4 Å². The summed E-state index contributed by atoms with van der Waals surface area (Å²) in [6.45, 7) is 1.83. The van der Waals surface area contributed by atoms with Crippen molar-refractivity contribution >= 4 is 39.6 Å². The maximum atomic E-state index is 11.3. The molecule has 0 unspecified atom stereocenters. The fraction of sp³-hybridized carbons (Fsp3) is 0.0476. The first kappa shape index (κ1) is 17.8. The van der Waals surface area contributed by atoms with Crippen molar-refractivity contribution < 1.29 is 9.90 Å². The Hall–Kier alpha value is -3.58. The van der Waals surface area contributed by atoms with Gasteiger partial charge >= 0.3 is 5.97 Å². The lowest BCUT2D eigenvalue weighted by molar-refractivity contribution is 0.0697. The van der Waals surface area contributed by atoms with Gasteiger partial charge in [-0.15, -0.1) is 11.3 Å². The highest BCUT2D eigenvalue weighted by Gasteiger charge is 2.11. The Labute approximate surface area is 165 Å². The van der Waals surface area contributed by atoms with Crippen LogP contribution < -0.4 is 5.43 Å². The number of rotatable bonds is 5. The SMILES string of the molecule is Cc1nc(N/N=C/c2ccccc2C(=O)O)c2cc(-c3ccccc3)sc2n1. The highest BCUT2D eigenvalue weighted by atomic mass is 32.1. The molecule has 0 aliphatic carbocycles. The molecule has 138 valence electrons. The molecule has 0 aliphatic heterocycles. The quantitative estimate of drug-likeness (QED) is 0.378. The number of aromatic nitrogens is 2. The normalized spacial score (nSPS) is 11.2. The van der Waals surface area contributed by atoms with E-state index in [2.05, 4.69) is 32.6 Å². The third-order valence-electron chi connectivity index (χ3n) is 4.13. The first-order valence-electron chi connectivity index (χ1n) is 8.57. The number of carboxylic acids is 1. The molecule has 0 amide bonds. The number of hydrazone groups is 1. The number of anilines is 1. The van der Waals surface area contributed by atoms with Gasteiger partial charge in [0.15, 0.2) is 5.82 Å². The first-order valence-corrected chi connectivity index (χ1v) is 9.38. The molecule has 0 fully saturated rings. The average molecular weight is 388 g/mol. The summed E-state index contributed by atoms with van der Waals surface area (Å²) in [6.07, 6.45) is 1.48. The Balaban J connectivity index is 1.67. The van der Waals surface area contributed by atoms with Gasteiger partial charge in [-0.1, -0.05) is 48.5 Å². The Morgan fingerprint density at radius 1 is 1.11 bits per heavy atom. The monoisotopic (exact) mass is 388 g/mol. The molecular formula is C21H16N4O2S. The molecular weight excluding hydrogens is 372 g/mol. The van der Waals surface area contributed by atoms with E-state index in [4.69, 9.17) is 0 Å². The first-order chi connectivity index (χ1) is 13.6. The van der Waals surface area contributed by atoms with E-state index in [0.29, 0.717) is 17.2 Å². The zero-order valence-electron chi connectivity index (χ0n) is 15.0. The minimum atomic E-state index is -0.993. The minimum Gasteiger partial charge on any atom is -0.478 e. The molecule has 28 heavy (non-hydrogen) atoms. The van der Waals surface area contributed by atoms with Crippen LogP contribution in [-0.2, 0) is 0 Å². The van der Waals surface area contributed by atoms with Crippen LogP contribution in [0.1, 0.15) is 21.7 Å². The molecule has 0 aliphatic rings. The summed E-state index contributed by atoms with van der Waals surface area (Å²) in [4.78, 5) is 22.3. The predicted molar refractivity (Wildman–Crippen MR) is 112 cm³/mol. The summed E-state index contributed by atoms with van der Waals surface area (Å²) in [5.41, 5.74) is 4.77. The molecule has 2 aromatic carbocycles. The Morgan fingerprint density at radius 3 is 2.64 bits per heavy atom. The van der Waals surface area contributed by atoms with Crippen molar-refractivity contribution in [1.29, 1.82) is 0 Å². The Bertz CT molecular complexity index is 1190. The van der Waals surface area contributed by atoms with Gasteiger partial charge in [-0.3, -0.25) is 5.43 Å². The number of aromatic carboxylic acids is 1. The van der Waals surface area contributed by atoms with Crippen molar-refractivity contribution in [2.45, 2.75) is 6.92 Å². The highest BCUT2D eigenvalue weighted by Crippen LogP contribution is 2.35. The molecule has 2 heterocycles. The van der Waals surface area contributed by atoms with Crippen LogP contribution in [0.15, 0.2) is 65.8 Å². The lowest BCUT2D eigenvalue weighted by atomic mass is 10.1. The molecule has 6 nitrogen and oxygen atoms in total. The van der Waals surface area contributed by atoms with Crippen LogP contribution in [0, 0.1) is 6.92 Å². The smallest absolute Gasteiger partial charge is 0.336 e. The maximum absolute atomic E-state index is 11.3. The third-order valence-corrected chi connectivity index (χ3v) is 5.21. The van der Waals surface area contributed by atoms with Gasteiger partial charge in [-0.25, -0.2) is 14.8 Å². The minimum absolute atomic E-state index is 0.193. The number of thiophene rings is 1. The van der Waals surface area contributed by atoms with Gasteiger partial charge in [0.2, 0.25) is 0 Å². The molecule has 0 bridgehead atoms. The summed E-state index contributed by atoms with van der Waals surface area (Å²) in [6, 6.07) is 18.8. The number of nitrogens with one attached hydrogen (secondary N) is 1. The molecule has 0 saturated heterocycles. The van der Waals surface area contributed by atoms with Crippen molar-refractivity contribution in [1.82, 2.24) is 9.97 Å². The number of aryl methyl sites for hydroxylation is 1. The standard InChI is InChI=1S/C21H16N4O2S/c1-13-23-19(25-22-12-15-9-5-6-10-16(15)21(26)27)17-11-18(28-20(17)24-13)14-7-3-2-4-8-14/h2-12H,1H3,(H,26,27)(H,23,24,25)/b22-12+. The summed E-state index contributed by atoms with van der Waals surface area (Å²) in [5.74, 6) is 0.232. The number of carbonyl (C=O) groups is 1. The number of benzene rings is 2. The van der Waals surface area contributed by atoms with Crippen molar-refractivity contribution in [2.24, 2.45) is 5.10 Å². The van der Waals surface area contributed by atoms with E-state index in [-0.39, 0.29) is 5.56 Å². The number of carboxylic acid groups (broad SMARTS) is 1. The third kappa shape index (κ3) is 3.60. The summed E-state index contributed by atoms with van der Waals surface area (Å²) < 4.78 is 0. The molecule has 4 rings (SSSR count). The molecule has 0 spiro atoms. The van der Waals surface area contributed by atoms with Crippen LogP contribution in [0.5, 0.6) is 0 Å². The summed E-state index contributed by atoms with van der Waals surface area (Å²) in [5, 5.41) is 14.3. The zero-order valence-corrected chi connectivity index (χ0v) is 15.8. The van der Waals surface area contributed by atoms with Crippen LogP contribution in [0.2, 0.25) is 0 Å². The van der Waals surface area contributed by atoms with E-state index in [1.54, 1.807) is 35.6 Å². The lowest BCUT2D eigenvalue weighted by Crippen LogP contribution is -2.03. The van der Waals surface area contributed by atoms with E-state index in [0.717, 1.165) is 20.7 Å². The largest absolute Gasteiger partial charge is 0.478 e. The second kappa shape index (κ2) is 7.58. The Kier molecular flexibility index (Phi) is 4.82. The second-order valence-corrected chi connectivity index (χ2v) is 7.11. The number of hydrogen-bond acceptors (Lipinski definition) is 6. The lowest BCUT2D eigenvalue weighted by Gasteiger charge is -2.03. The molecule has 0 atom stereocenters. The van der Waals surface area contributed by atoms with Crippen molar-refractivity contribution in [3.05, 3.63) is 77.6 Å². The van der Waals surface area contributed by atoms with E-state index >= 15 is 0 Å². The van der Waals surface area contributed by atoms with Crippen LogP contribution in [0.25, 0.3) is 20.7 Å². The molecule has 0 saturated carbocycles. The molecule has 4 aromatic rings. The van der Waals surface area contributed by atoms with Gasteiger partial charge in [-0.05, 0) is 24.6 Å². The van der Waals surface area contributed by atoms with Crippen LogP contribution in [0.4, 0.5) is 5.82 Å². The molecule has 0 radical (unpaired) electrons. The van der Waals surface area contributed by atoms with Gasteiger partial charge in [0.05, 0.1) is 17.2 Å². The van der Waals surface area contributed by atoms with Crippen LogP contribution in [-0.4, -0.2) is 27.3 Å². The maximum Gasteiger partial charge on any atom is 0.336 e. The zero-order chi connectivity index (χ0) is 19.5. The van der Waals surface area contributed by atoms with Gasteiger partial charge in [0.25, 0.3) is 0 Å². The van der Waals surface area contributed by atoms with E-state index < -0.39 is 5.97 Å². The van der Waals surface area contributed by atoms with Crippen molar-refractivity contribution in [3.8, 4) is 10.4 Å². The number of nitrogens with zero attached hydrogens (tertiary/aromatic N) is 3. The highest BCUT2D eigenvalue weighted by molar-refractivity contribution is 7.21. The molecule has 2 N–H and O–H groups in total. The molecule has 2 aromatic heterocycles. The fourth-order valence-corrected chi connectivity index (χ4v) is 3.91. The van der Waals surface area contributed by atoms with Crippen molar-refractivity contribution in [2.75, 3.05) is 5.43 Å².